The van der Waals surface area contributed by atoms with Crippen molar-refractivity contribution >= 4 is 46.0 Å². The van der Waals surface area contributed by atoms with E-state index in [9.17, 15) is 37.5 Å². The Kier molecular flexibility index (Phi) is 11.4. The van der Waals surface area contributed by atoms with Gasteiger partial charge in [0.2, 0.25) is 11.7 Å². The van der Waals surface area contributed by atoms with Crippen molar-refractivity contribution in [1.82, 2.24) is 30.2 Å². The van der Waals surface area contributed by atoms with E-state index in [1.54, 1.807) is 11.0 Å². The molecule has 5 fully saturated rings. The quantitative estimate of drug-likeness (QED) is 0.167. The minimum Gasteiger partial charge on any atom is -0.503 e. The Morgan fingerprint density at radius 3 is 2.37 bits per heavy atom. The maximum atomic E-state index is 14.2. The normalized spacial score (nSPS) is 24.8. The van der Waals surface area contributed by atoms with Crippen LogP contribution >= 0.6 is 0 Å². The molecule has 9 rings (SSSR count). The van der Waals surface area contributed by atoms with Gasteiger partial charge in [0.1, 0.15) is 0 Å². The lowest BCUT2D eigenvalue weighted by molar-refractivity contribution is -0.120. The highest BCUT2D eigenvalue weighted by atomic mass is 19.2. The molecule has 16 heteroatoms. The maximum Gasteiger partial charge on any atom is 0.328 e. The predicted octanol–water partition coefficient (Wildman–Crippen LogP) is 6.67. The number of hydrogen-bond donors (Lipinski definition) is 3. The number of aryl methyl sites for hydroxylation is 1. The highest BCUT2D eigenvalue weighted by Gasteiger charge is 2.44. The number of nitrogens with one attached hydrogen (secondary N) is 2. The second-order valence-electron chi connectivity index (χ2n) is 18.1. The Bertz CT molecular complexity index is 2400. The number of carbonyl (C=O) groups is 4. The number of piperazine rings is 1. The fourth-order valence-electron chi connectivity index (χ4n) is 10.6. The summed E-state index contributed by atoms with van der Waals surface area (Å²) in [4.78, 5) is 59.1. The number of urea groups is 1. The molecule has 3 aromatic carbocycles. The second-order valence-corrected chi connectivity index (χ2v) is 18.1. The lowest BCUT2D eigenvalue weighted by Crippen LogP contribution is -2.52. The summed E-state index contributed by atoms with van der Waals surface area (Å²) in [6, 6.07) is 12.8. The Morgan fingerprint density at radius 1 is 0.871 bits per heavy atom. The molecular formula is C46H53F3N8O5. The van der Waals surface area contributed by atoms with Gasteiger partial charge in [-0.15, -0.1) is 0 Å². The molecule has 5 amide bonds. The molecule has 1 aromatic heterocycles. The molecule has 2 aliphatic carbocycles. The number of aromatic nitrogens is 2. The van der Waals surface area contributed by atoms with E-state index < -0.39 is 40.7 Å². The van der Waals surface area contributed by atoms with Crippen LogP contribution in [0, 0.1) is 35.7 Å². The Morgan fingerprint density at radius 2 is 1.63 bits per heavy atom. The molecular weight excluding hydrogens is 802 g/mol. The largest absolute Gasteiger partial charge is 0.503 e. The summed E-state index contributed by atoms with van der Waals surface area (Å²) in [5, 5.41) is 20.3. The van der Waals surface area contributed by atoms with Crippen LogP contribution in [-0.4, -0.2) is 107 Å². The second kappa shape index (κ2) is 16.9. The number of anilines is 2. The lowest BCUT2D eigenvalue weighted by atomic mass is 9.71. The first-order valence-corrected chi connectivity index (χ1v) is 22.0. The van der Waals surface area contributed by atoms with Crippen LogP contribution in [0.3, 0.4) is 0 Å². The molecule has 5 aliphatic rings. The average molecular weight is 855 g/mol. The van der Waals surface area contributed by atoms with Gasteiger partial charge in [-0.2, -0.15) is 9.49 Å². The van der Waals surface area contributed by atoms with Gasteiger partial charge >= 0.3 is 6.03 Å². The van der Waals surface area contributed by atoms with Crippen molar-refractivity contribution in [2.45, 2.75) is 83.2 Å². The van der Waals surface area contributed by atoms with Crippen LogP contribution in [-0.2, 0) is 4.79 Å². The van der Waals surface area contributed by atoms with Gasteiger partial charge in [0.15, 0.2) is 17.4 Å². The first kappa shape index (κ1) is 41.7. The van der Waals surface area contributed by atoms with Crippen molar-refractivity contribution in [2.75, 3.05) is 62.2 Å². The van der Waals surface area contributed by atoms with Gasteiger partial charge in [0.05, 0.1) is 17.1 Å². The molecule has 1 spiro atoms. The van der Waals surface area contributed by atoms with E-state index >= 15 is 0 Å². The number of rotatable bonds is 8. The minimum atomic E-state index is -1.78. The van der Waals surface area contributed by atoms with E-state index in [4.69, 9.17) is 5.10 Å². The molecule has 62 heavy (non-hydrogen) atoms. The van der Waals surface area contributed by atoms with Crippen LogP contribution in [0.2, 0.25) is 0 Å². The smallest absolute Gasteiger partial charge is 0.328 e. The lowest BCUT2D eigenvalue weighted by Gasteiger charge is -2.45. The zero-order valence-electron chi connectivity index (χ0n) is 35.0. The first-order valence-electron chi connectivity index (χ1n) is 22.0. The number of imide groups is 1. The third kappa shape index (κ3) is 8.20. The summed E-state index contributed by atoms with van der Waals surface area (Å²) in [6.07, 6.45) is 11.1. The third-order valence-electron chi connectivity index (χ3n) is 14.4. The van der Waals surface area contributed by atoms with E-state index in [0.717, 1.165) is 114 Å². The molecule has 0 radical (unpaired) electrons. The fraction of sp³-hybridized carbons (Fsp3) is 0.500. The molecule has 2 saturated carbocycles. The van der Waals surface area contributed by atoms with Crippen molar-refractivity contribution in [3.8, 4) is 5.75 Å². The number of phenolic OH excluding ortho intramolecular Hbond substituents is 1. The van der Waals surface area contributed by atoms with Gasteiger partial charge in [-0.3, -0.25) is 34.2 Å². The van der Waals surface area contributed by atoms with Crippen LogP contribution in [0.1, 0.15) is 96.5 Å². The molecule has 13 nitrogen and oxygen atoms in total. The molecule has 4 aromatic rings. The Labute approximate surface area is 358 Å². The molecule has 3 saturated heterocycles. The number of likely N-dealkylation sites (tertiary alicyclic amines) is 1. The highest BCUT2D eigenvalue weighted by molar-refractivity contribution is 6.06. The van der Waals surface area contributed by atoms with Crippen molar-refractivity contribution in [3.05, 3.63) is 82.8 Å². The zero-order chi connectivity index (χ0) is 43.3. The van der Waals surface area contributed by atoms with Crippen molar-refractivity contribution in [1.29, 1.82) is 0 Å². The molecule has 4 heterocycles. The van der Waals surface area contributed by atoms with Crippen LogP contribution in [0.15, 0.2) is 48.7 Å². The number of phenols is 1. The van der Waals surface area contributed by atoms with Crippen LogP contribution in [0.5, 0.6) is 5.75 Å². The average Bonchev–Trinajstić information content (AvgIpc) is 3.91. The predicted molar refractivity (Wildman–Crippen MR) is 227 cm³/mol. The van der Waals surface area contributed by atoms with Gasteiger partial charge in [-0.25, -0.2) is 13.6 Å². The highest BCUT2D eigenvalue weighted by Crippen LogP contribution is 2.45. The van der Waals surface area contributed by atoms with Gasteiger partial charge in [0.25, 0.3) is 11.8 Å². The first-order chi connectivity index (χ1) is 29.8. The Hall–Kier alpha value is -5.64. The minimum absolute atomic E-state index is 0.00243. The number of carbonyl (C=O) groups excluding carboxylic acids is 4. The summed E-state index contributed by atoms with van der Waals surface area (Å²) in [5.41, 5.74) is 3.61. The standard InChI is InChI=1S/C46H53F3N8O5/c1-28-2-5-30(22-38(28)56-16-12-39(58)51-45(56)62)44(61)55-17-15-46(27-55)13-10-32(11-14-46)53-18-20-54(21-19-53)34-9-6-31-26-57(52-37(31)23-34)33-7-3-29(4-8-33)25-50-43(60)35-24-36(47)42(59)41(49)40(35)48/h2,5-6,9,22-24,26,29,32-33,59H,3-4,7-8,10-21,25,27H2,1H3,(H,50,60)(H,51,58,62). The molecule has 3 aliphatic heterocycles. The third-order valence-corrected chi connectivity index (χ3v) is 14.4. The molecule has 0 bridgehead atoms. The summed E-state index contributed by atoms with van der Waals surface area (Å²) < 4.78 is 43.7. The summed E-state index contributed by atoms with van der Waals surface area (Å²) in [5.74, 6) is -7.26. The number of nitrogens with zero attached hydrogens (tertiary/aromatic N) is 6. The van der Waals surface area contributed by atoms with E-state index in [0.29, 0.717) is 29.9 Å². The number of benzene rings is 3. The van der Waals surface area contributed by atoms with Gasteiger partial charge in [-0.1, -0.05) is 6.07 Å². The summed E-state index contributed by atoms with van der Waals surface area (Å²) >= 11 is 0. The number of amides is 5. The number of halogens is 3. The SMILES string of the molecule is Cc1ccc(C(=O)N2CCC3(CCC(N4CCN(c5ccc6cn(C7CCC(CNC(=O)c8cc(F)c(O)c(F)c8F)CC7)nc6c5)CC4)CC3)C2)cc1N1CCC(=O)NC1=O. The molecule has 0 atom stereocenters. The van der Waals surface area contributed by atoms with Gasteiger partial charge < -0.3 is 20.2 Å². The Balaban J connectivity index is 0.730. The number of aromatic hydroxyl groups is 1. The summed E-state index contributed by atoms with van der Waals surface area (Å²) in [6.45, 7) is 7.81. The molecule has 0 unspecified atom stereocenters. The van der Waals surface area contributed by atoms with Crippen molar-refractivity contribution in [3.63, 3.8) is 0 Å². The van der Waals surface area contributed by atoms with E-state index in [1.807, 2.05) is 24.0 Å². The van der Waals surface area contributed by atoms with Gasteiger partial charge in [-0.05, 0) is 118 Å². The zero-order valence-corrected chi connectivity index (χ0v) is 35.0. The molecule has 3 N–H and O–H groups in total. The monoisotopic (exact) mass is 854 g/mol. The van der Waals surface area contributed by atoms with Gasteiger partial charge in [0, 0.05) is 93.3 Å². The van der Waals surface area contributed by atoms with Crippen molar-refractivity contribution in [2.24, 2.45) is 11.3 Å². The van der Waals surface area contributed by atoms with E-state index in [2.05, 4.69) is 49.5 Å². The van der Waals surface area contributed by atoms with E-state index in [1.165, 1.54) is 5.69 Å². The number of hydrogen-bond acceptors (Lipinski definition) is 8. The van der Waals surface area contributed by atoms with Crippen molar-refractivity contribution < 1.29 is 37.5 Å². The topological polar surface area (TPSA) is 143 Å². The van der Waals surface area contributed by atoms with E-state index in [-0.39, 0.29) is 42.2 Å². The molecule has 328 valence electrons. The summed E-state index contributed by atoms with van der Waals surface area (Å²) in [7, 11) is 0. The van der Waals surface area contributed by atoms with Crippen LogP contribution in [0.25, 0.3) is 10.9 Å². The van der Waals surface area contributed by atoms with Crippen LogP contribution < -0.4 is 20.4 Å². The number of fused-ring (bicyclic) bond motifs is 1. The maximum absolute atomic E-state index is 14.2. The fourth-order valence-corrected chi connectivity index (χ4v) is 10.6. The van der Waals surface area contributed by atoms with Crippen LogP contribution in [0.4, 0.5) is 29.3 Å².